The van der Waals surface area contributed by atoms with Gasteiger partial charge >= 0.3 is 0 Å². The van der Waals surface area contributed by atoms with Crippen molar-refractivity contribution in [2.24, 2.45) is 4.99 Å². The Morgan fingerprint density at radius 3 is 2.64 bits per heavy atom. The van der Waals surface area contributed by atoms with Crippen molar-refractivity contribution >= 4 is 47.2 Å². The number of nitrogens with zero attached hydrogens (tertiary/aromatic N) is 3. The summed E-state index contributed by atoms with van der Waals surface area (Å²) >= 11 is 6.10. The highest BCUT2D eigenvalue weighted by atomic mass is 127. The molecule has 3 rings (SSSR count). The fourth-order valence-corrected chi connectivity index (χ4v) is 3.40. The first-order valence-corrected chi connectivity index (χ1v) is 9.82. The predicted molar refractivity (Wildman–Crippen MR) is 127 cm³/mol. The zero-order valence-corrected chi connectivity index (χ0v) is 19.3. The Kier molecular flexibility index (Phi) is 9.94. The lowest BCUT2D eigenvalue weighted by molar-refractivity contribution is 0.255. The summed E-state index contributed by atoms with van der Waals surface area (Å²) in [5.74, 6) is 1.70. The molecule has 28 heavy (non-hydrogen) atoms. The number of furan rings is 1. The molecule has 1 saturated heterocycles. The van der Waals surface area contributed by atoms with Gasteiger partial charge in [0.15, 0.2) is 5.96 Å². The molecule has 1 aliphatic heterocycles. The van der Waals surface area contributed by atoms with E-state index in [1.54, 1.807) is 13.3 Å². The lowest BCUT2D eigenvalue weighted by Gasteiger charge is -2.36. The molecule has 0 unspecified atom stereocenters. The van der Waals surface area contributed by atoms with Gasteiger partial charge in [0.25, 0.3) is 0 Å². The van der Waals surface area contributed by atoms with E-state index in [1.165, 1.54) is 5.69 Å². The first kappa shape index (κ1) is 22.8. The first-order valence-electron chi connectivity index (χ1n) is 9.44. The van der Waals surface area contributed by atoms with Gasteiger partial charge in [-0.2, -0.15) is 0 Å². The summed E-state index contributed by atoms with van der Waals surface area (Å²) in [7, 11) is 1.78. The van der Waals surface area contributed by atoms with Crippen LogP contribution in [0.4, 0.5) is 5.69 Å². The van der Waals surface area contributed by atoms with Gasteiger partial charge in [-0.3, -0.25) is 9.89 Å². The van der Waals surface area contributed by atoms with Crippen molar-refractivity contribution < 1.29 is 4.42 Å². The molecule has 0 spiro atoms. The summed E-state index contributed by atoms with van der Waals surface area (Å²) in [6.45, 7) is 6.87. The molecule has 2 aromatic rings. The van der Waals surface area contributed by atoms with Crippen molar-refractivity contribution in [2.45, 2.75) is 13.0 Å². The van der Waals surface area contributed by atoms with E-state index in [9.17, 15) is 0 Å². The number of hydrogen-bond donors (Lipinski definition) is 2. The highest BCUT2D eigenvalue weighted by molar-refractivity contribution is 14.0. The second-order valence-electron chi connectivity index (χ2n) is 6.59. The normalized spacial score (nSPS) is 15.2. The number of nitrogens with one attached hydrogen (secondary N) is 2. The Labute approximate surface area is 189 Å². The molecule has 2 heterocycles. The maximum absolute atomic E-state index is 6.10. The van der Waals surface area contributed by atoms with Crippen LogP contribution in [0.2, 0.25) is 5.02 Å². The molecule has 0 amide bonds. The van der Waals surface area contributed by atoms with Gasteiger partial charge in [-0.25, -0.2) is 0 Å². The monoisotopic (exact) mass is 517 g/mol. The summed E-state index contributed by atoms with van der Waals surface area (Å²) < 4.78 is 5.32. The van der Waals surface area contributed by atoms with E-state index in [-0.39, 0.29) is 24.0 Å². The van der Waals surface area contributed by atoms with Gasteiger partial charge in [-0.15, -0.1) is 24.0 Å². The van der Waals surface area contributed by atoms with Gasteiger partial charge in [-0.05, 0) is 43.3 Å². The van der Waals surface area contributed by atoms with E-state index in [4.69, 9.17) is 16.0 Å². The van der Waals surface area contributed by atoms with Crippen molar-refractivity contribution in [1.82, 2.24) is 15.5 Å². The van der Waals surface area contributed by atoms with Crippen molar-refractivity contribution in [3.63, 3.8) is 0 Å². The molecular formula is C20H29ClIN5O. The average molecular weight is 518 g/mol. The molecule has 1 aliphatic rings. The van der Waals surface area contributed by atoms with E-state index < -0.39 is 0 Å². The van der Waals surface area contributed by atoms with E-state index in [1.807, 2.05) is 30.3 Å². The molecule has 1 aromatic heterocycles. The molecule has 2 N–H and O–H groups in total. The quantitative estimate of drug-likeness (QED) is 0.255. The Hall–Kier alpha value is -1.45. The van der Waals surface area contributed by atoms with Gasteiger partial charge in [0, 0.05) is 50.5 Å². The number of rotatable bonds is 7. The third-order valence-electron chi connectivity index (χ3n) is 4.72. The number of anilines is 1. The van der Waals surface area contributed by atoms with Crippen molar-refractivity contribution in [3.05, 3.63) is 53.4 Å². The molecule has 1 fully saturated rings. The molecule has 1 aromatic carbocycles. The summed E-state index contributed by atoms with van der Waals surface area (Å²) in [5.41, 5.74) is 1.22. The SMILES string of the molecule is CN=C(NCCCN1CCN(c2cccc(Cl)c2)CC1)NCc1ccco1.I. The maximum Gasteiger partial charge on any atom is 0.191 e. The summed E-state index contributed by atoms with van der Waals surface area (Å²) in [6.07, 6.45) is 2.76. The maximum atomic E-state index is 6.10. The number of halogens is 2. The van der Waals surface area contributed by atoms with Crippen molar-refractivity contribution in [3.8, 4) is 0 Å². The van der Waals surface area contributed by atoms with Gasteiger partial charge in [0.1, 0.15) is 5.76 Å². The Balaban J connectivity index is 0.00000280. The van der Waals surface area contributed by atoms with Gasteiger partial charge in [0.05, 0.1) is 12.8 Å². The Morgan fingerprint density at radius 1 is 1.14 bits per heavy atom. The standard InChI is InChI=1S/C20H28ClN5O.HI/c1-22-20(24-16-19-7-3-14-27-19)23-8-4-9-25-10-12-26(13-11-25)18-6-2-5-17(21)15-18;/h2-3,5-7,14-15H,4,8-13,16H2,1H3,(H2,22,23,24);1H. The average Bonchev–Trinajstić information content (AvgIpc) is 3.21. The number of guanidine groups is 1. The molecule has 0 bridgehead atoms. The van der Waals surface area contributed by atoms with Crippen LogP contribution in [0.25, 0.3) is 0 Å². The predicted octanol–water partition coefficient (Wildman–Crippen LogP) is 3.43. The summed E-state index contributed by atoms with van der Waals surface area (Å²) in [5, 5.41) is 7.41. The number of piperazine rings is 1. The minimum absolute atomic E-state index is 0. The minimum atomic E-state index is 0. The topological polar surface area (TPSA) is 56.0 Å². The molecule has 0 saturated carbocycles. The van der Waals surface area contributed by atoms with Gasteiger partial charge in [-0.1, -0.05) is 17.7 Å². The fraction of sp³-hybridized carbons (Fsp3) is 0.450. The summed E-state index contributed by atoms with van der Waals surface area (Å²) in [4.78, 5) is 9.16. The number of hydrogen-bond acceptors (Lipinski definition) is 4. The van der Waals surface area contributed by atoms with Crippen LogP contribution in [0.5, 0.6) is 0 Å². The van der Waals surface area contributed by atoms with E-state index in [0.717, 1.165) is 62.4 Å². The third-order valence-corrected chi connectivity index (χ3v) is 4.96. The molecule has 154 valence electrons. The van der Waals surface area contributed by atoms with E-state index in [0.29, 0.717) is 6.54 Å². The van der Waals surface area contributed by atoms with Crippen LogP contribution in [0.1, 0.15) is 12.2 Å². The zero-order valence-electron chi connectivity index (χ0n) is 16.2. The lowest BCUT2D eigenvalue weighted by atomic mass is 10.2. The molecular weight excluding hydrogens is 489 g/mol. The van der Waals surface area contributed by atoms with E-state index in [2.05, 4.69) is 31.5 Å². The largest absolute Gasteiger partial charge is 0.467 e. The highest BCUT2D eigenvalue weighted by Crippen LogP contribution is 2.20. The van der Waals surface area contributed by atoms with Crippen LogP contribution in [0, 0.1) is 0 Å². The van der Waals surface area contributed by atoms with Gasteiger partial charge in [0.2, 0.25) is 0 Å². The van der Waals surface area contributed by atoms with Crippen molar-refractivity contribution in [2.75, 3.05) is 51.2 Å². The van der Waals surface area contributed by atoms with Gasteiger partial charge < -0.3 is 20.0 Å². The fourth-order valence-electron chi connectivity index (χ4n) is 3.22. The number of aliphatic imine (C=N–C) groups is 1. The molecule has 0 radical (unpaired) electrons. The molecule has 6 nitrogen and oxygen atoms in total. The van der Waals surface area contributed by atoms with Crippen LogP contribution >= 0.6 is 35.6 Å². The Morgan fingerprint density at radius 2 is 1.96 bits per heavy atom. The molecule has 8 heteroatoms. The second-order valence-corrected chi connectivity index (χ2v) is 7.03. The number of benzene rings is 1. The first-order chi connectivity index (χ1) is 13.2. The van der Waals surface area contributed by atoms with Crippen LogP contribution in [-0.4, -0.2) is 57.2 Å². The third kappa shape index (κ3) is 7.18. The molecule has 0 aliphatic carbocycles. The summed E-state index contributed by atoms with van der Waals surface area (Å²) in [6, 6.07) is 12.0. The van der Waals surface area contributed by atoms with Crippen LogP contribution in [0.15, 0.2) is 52.1 Å². The van der Waals surface area contributed by atoms with Crippen LogP contribution in [0.3, 0.4) is 0 Å². The molecule has 0 atom stereocenters. The van der Waals surface area contributed by atoms with Crippen LogP contribution < -0.4 is 15.5 Å². The Bertz CT molecular complexity index is 717. The lowest BCUT2D eigenvalue weighted by Crippen LogP contribution is -2.47. The smallest absolute Gasteiger partial charge is 0.191 e. The minimum Gasteiger partial charge on any atom is -0.467 e. The van der Waals surface area contributed by atoms with Crippen molar-refractivity contribution in [1.29, 1.82) is 0 Å². The van der Waals surface area contributed by atoms with Crippen LogP contribution in [-0.2, 0) is 6.54 Å². The van der Waals surface area contributed by atoms with E-state index >= 15 is 0 Å². The second kappa shape index (κ2) is 12.2. The highest BCUT2D eigenvalue weighted by Gasteiger charge is 2.16. The zero-order chi connectivity index (χ0) is 18.9.